The van der Waals surface area contributed by atoms with E-state index in [1.165, 1.54) is 6.08 Å². The second-order valence-corrected chi connectivity index (χ2v) is 5.10. The van der Waals surface area contributed by atoms with Crippen molar-refractivity contribution in [3.63, 3.8) is 0 Å². The fourth-order valence-electron chi connectivity index (χ4n) is 2.58. The molecule has 2 N–H and O–H groups in total. The number of anilines is 1. The van der Waals surface area contributed by atoms with Crippen LogP contribution in [0.15, 0.2) is 48.2 Å². The van der Waals surface area contributed by atoms with Crippen LogP contribution in [0, 0.1) is 0 Å². The summed E-state index contributed by atoms with van der Waals surface area (Å²) in [4.78, 5) is 24.9. The van der Waals surface area contributed by atoms with E-state index < -0.39 is 11.8 Å². The molecule has 6 nitrogen and oxygen atoms in total. The van der Waals surface area contributed by atoms with Crippen molar-refractivity contribution in [1.29, 1.82) is 0 Å². The highest BCUT2D eigenvalue weighted by atomic mass is 16.5. The molecule has 0 atom stereocenters. The average molecular weight is 312 g/mol. The summed E-state index contributed by atoms with van der Waals surface area (Å²) in [6, 6.07) is 11.4. The second-order valence-electron chi connectivity index (χ2n) is 5.10. The van der Waals surface area contributed by atoms with Gasteiger partial charge in [0, 0.05) is 23.2 Å². The number of methoxy groups -OCH3 is 1. The number of hydrogen-bond acceptors (Lipinski definition) is 5. The van der Waals surface area contributed by atoms with Crippen LogP contribution in [0.4, 0.5) is 5.69 Å². The van der Waals surface area contributed by atoms with E-state index in [0.29, 0.717) is 11.4 Å². The lowest BCUT2D eigenvalue weighted by molar-refractivity contribution is -0.137. The number of hydrogen-bond donors (Lipinski definition) is 2. The number of benzene rings is 2. The van der Waals surface area contributed by atoms with Crippen molar-refractivity contribution in [3.8, 4) is 5.75 Å². The molecule has 2 aromatic carbocycles. The Bertz CT molecular complexity index is 813. The van der Waals surface area contributed by atoms with Crippen molar-refractivity contribution in [2.75, 3.05) is 25.6 Å². The van der Waals surface area contributed by atoms with Crippen LogP contribution in [0.3, 0.4) is 0 Å². The highest BCUT2D eigenvalue weighted by Gasteiger charge is 2.30. The van der Waals surface area contributed by atoms with Gasteiger partial charge in [0.25, 0.3) is 11.8 Å². The zero-order chi connectivity index (χ0) is 16.4. The third-order valence-electron chi connectivity index (χ3n) is 3.66. The Morgan fingerprint density at radius 2 is 2.00 bits per heavy atom. The van der Waals surface area contributed by atoms with Crippen molar-refractivity contribution >= 4 is 28.3 Å². The highest BCUT2D eigenvalue weighted by molar-refractivity contribution is 6.17. The number of carbonyl (C=O) groups excluding carboxylic acids is 2. The molecule has 118 valence electrons. The van der Waals surface area contributed by atoms with Crippen LogP contribution >= 0.6 is 0 Å². The number of imide groups is 1. The number of aliphatic hydroxyl groups excluding tert-OH is 1. The Hall–Kier alpha value is -2.86. The molecule has 1 heterocycles. The minimum atomic E-state index is -0.448. The van der Waals surface area contributed by atoms with Crippen LogP contribution < -0.4 is 10.1 Å². The summed E-state index contributed by atoms with van der Waals surface area (Å²) in [7, 11) is 1.58. The maximum absolute atomic E-state index is 12.2. The molecule has 6 heteroatoms. The summed E-state index contributed by atoms with van der Waals surface area (Å²) < 4.78 is 5.39. The number of β-amino-alcohol motifs (C(OH)–C–C–N with tert-alkyl or cyclic N) is 1. The zero-order valence-electron chi connectivity index (χ0n) is 12.6. The first-order chi connectivity index (χ1) is 11.1. The van der Waals surface area contributed by atoms with E-state index in [1.807, 2.05) is 30.3 Å². The molecule has 23 heavy (non-hydrogen) atoms. The zero-order valence-corrected chi connectivity index (χ0v) is 12.6. The summed E-state index contributed by atoms with van der Waals surface area (Å²) in [5.41, 5.74) is 0.833. The first-order valence-electron chi connectivity index (χ1n) is 7.16. The maximum atomic E-state index is 12.2. The van der Waals surface area contributed by atoms with Gasteiger partial charge < -0.3 is 15.2 Å². The van der Waals surface area contributed by atoms with Crippen LogP contribution in [0.2, 0.25) is 0 Å². The molecule has 0 saturated heterocycles. The molecule has 0 aromatic heterocycles. The predicted molar refractivity (Wildman–Crippen MR) is 86.0 cm³/mol. The number of nitrogens with one attached hydrogen (secondary N) is 1. The van der Waals surface area contributed by atoms with Gasteiger partial charge in [0.15, 0.2) is 0 Å². The van der Waals surface area contributed by atoms with E-state index in [9.17, 15) is 9.59 Å². The third-order valence-corrected chi connectivity index (χ3v) is 3.66. The molecule has 0 radical (unpaired) electrons. The molecular weight excluding hydrogens is 296 g/mol. The van der Waals surface area contributed by atoms with Crippen LogP contribution in [-0.4, -0.2) is 42.1 Å². The topological polar surface area (TPSA) is 78.9 Å². The summed E-state index contributed by atoms with van der Waals surface area (Å²) in [6.07, 6.45) is 1.24. The van der Waals surface area contributed by atoms with Gasteiger partial charge in [-0.2, -0.15) is 0 Å². The van der Waals surface area contributed by atoms with Gasteiger partial charge in [-0.1, -0.05) is 24.3 Å². The largest absolute Gasteiger partial charge is 0.496 e. The van der Waals surface area contributed by atoms with Gasteiger partial charge in [-0.25, -0.2) is 0 Å². The quantitative estimate of drug-likeness (QED) is 0.818. The average Bonchev–Trinajstić information content (AvgIpc) is 2.82. The van der Waals surface area contributed by atoms with E-state index in [1.54, 1.807) is 13.2 Å². The second kappa shape index (κ2) is 6.10. The third kappa shape index (κ3) is 2.76. The Morgan fingerprint density at radius 1 is 1.22 bits per heavy atom. The van der Waals surface area contributed by atoms with E-state index in [-0.39, 0.29) is 18.8 Å². The Labute approximate surface area is 133 Å². The van der Waals surface area contributed by atoms with Crippen LogP contribution in [0.5, 0.6) is 5.75 Å². The van der Waals surface area contributed by atoms with Crippen molar-refractivity contribution < 1.29 is 19.4 Å². The number of rotatable bonds is 5. The SMILES string of the molecule is COc1cc(NC2=CC(=O)N(CCO)C2=O)cc2ccccc12. The van der Waals surface area contributed by atoms with Gasteiger partial charge in [-0.3, -0.25) is 14.5 Å². The maximum Gasteiger partial charge on any atom is 0.277 e. The lowest BCUT2D eigenvalue weighted by atomic mass is 10.1. The van der Waals surface area contributed by atoms with Gasteiger partial charge in [-0.15, -0.1) is 0 Å². The van der Waals surface area contributed by atoms with E-state index >= 15 is 0 Å². The molecule has 0 saturated carbocycles. The number of aliphatic hydroxyl groups is 1. The Balaban J connectivity index is 1.92. The fourth-order valence-corrected chi connectivity index (χ4v) is 2.58. The summed E-state index contributed by atoms with van der Waals surface area (Å²) in [6.45, 7) is -0.275. The van der Waals surface area contributed by atoms with Gasteiger partial charge in [0.2, 0.25) is 0 Å². The smallest absolute Gasteiger partial charge is 0.277 e. The molecule has 1 aliphatic rings. The molecule has 0 fully saturated rings. The van der Waals surface area contributed by atoms with Crippen molar-refractivity contribution in [1.82, 2.24) is 4.90 Å². The van der Waals surface area contributed by atoms with Crippen LogP contribution in [0.25, 0.3) is 10.8 Å². The van der Waals surface area contributed by atoms with Gasteiger partial charge in [0.1, 0.15) is 11.4 Å². The minimum absolute atomic E-state index is 0.0135. The first kappa shape index (κ1) is 15.1. The predicted octanol–water partition coefficient (Wildman–Crippen LogP) is 1.51. The molecule has 1 aliphatic heterocycles. The number of amides is 2. The molecule has 3 rings (SSSR count). The normalized spacial score (nSPS) is 14.3. The van der Waals surface area contributed by atoms with Gasteiger partial charge in [0.05, 0.1) is 20.3 Å². The molecule has 0 spiro atoms. The van der Waals surface area contributed by atoms with Gasteiger partial charge >= 0.3 is 0 Å². The van der Waals surface area contributed by atoms with E-state index in [0.717, 1.165) is 15.7 Å². The summed E-state index contributed by atoms with van der Waals surface area (Å²) in [5, 5.41) is 13.8. The number of fused-ring (bicyclic) bond motifs is 1. The van der Waals surface area contributed by atoms with Crippen LogP contribution in [0.1, 0.15) is 0 Å². The van der Waals surface area contributed by atoms with Crippen LogP contribution in [-0.2, 0) is 9.59 Å². The number of ether oxygens (including phenoxy) is 1. The van der Waals surface area contributed by atoms with E-state index in [4.69, 9.17) is 9.84 Å². The number of carbonyl (C=O) groups is 2. The monoisotopic (exact) mass is 312 g/mol. The molecule has 2 aromatic rings. The van der Waals surface area contributed by atoms with Gasteiger partial charge in [-0.05, 0) is 11.5 Å². The molecular formula is C17H16N2O4. The summed E-state index contributed by atoms with van der Waals surface area (Å²) in [5.74, 6) is -0.203. The van der Waals surface area contributed by atoms with Crippen molar-refractivity contribution in [3.05, 3.63) is 48.2 Å². The molecule has 0 aliphatic carbocycles. The first-order valence-corrected chi connectivity index (χ1v) is 7.16. The fraction of sp³-hybridized carbons (Fsp3) is 0.176. The summed E-state index contributed by atoms with van der Waals surface area (Å²) >= 11 is 0. The molecule has 0 bridgehead atoms. The standard InChI is InChI=1S/C17H16N2O4/c1-23-15-9-12(8-11-4-2-3-5-13(11)15)18-14-10-16(21)19(6-7-20)17(14)22/h2-5,8-10,18,20H,6-7H2,1H3. The lowest BCUT2D eigenvalue weighted by Crippen LogP contribution is -2.34. The Kier molecular flexibility index (Phi) is 3.99. The minimum Gasteiger partial charge on any atom is -0.496 e. The lowest BCUT2D eigenvalue weighted by Gasteiger charge is -2.14. The Morgan fingerprint density at radius 3 is 2.74 bits per heavy atom. The molecule has 2 amide bonds. The number of nitrogens with zero attached hydrogens (tertiary/aromatic N) is 1. The van der Waals surface area contributed by atoms with E-state index in [2.05, 4.69) is 5.32 Å². The molecule has 0 unspecified atom stereocenters. The van der Waals surface area contributed by atoms with Crippen molar-refractivity contribution in [2.45, 2.75) is 0 Å². The van der Waals surface area contributed by atoms with Crippen molar-refractivity contribution in [2.24, 2.45) is 0 Å². The highest BCUT2D eigenvalue weighted by Crippen LogP contribution is 2.30.